The zero-order valence-electron chi connectivity index (χ0n) is 7.55. The van der Waals surface area contributed by atoms with Crippen LogP contribution in [0.2, 0.25) is 0 Å². The van der Waals surface area contributed by atoms with Crippen LogP contribution in [0.25, 0.3) is 0 Å². The van der Waals surface area contributed by atoms with Crippen LogP contribution in [0.15, 0.2) is 0 Å². The highest BCUT2D eigenvalue weighted by molar-refractivity contribution is 7.13. The summed E-state index contributed by atoms with van der Waals surface area (Å²) in [6.07, 6.45) is 7.10. The van der Waals surface area contributed by atoms with Gasteiger partial charge in [-0.15, -0.1) is 0 Å². The molecule has 0 aromatic rings. The topological polar surface area (TPSA) is 3.24 Å². The lowest BCUT2D eigenvalue weighted by Gasteiger charge is -2.28. The van der Waals surface area contributed by atoms with Crippen molar-refractivity contribution in [2.45, 2.75) is 39.0 Å². The summed E-state index contributed by atoms with van der Waals surface area (Å²) in [5, 5.41) is 0. The largest absolute Gasteiger partial charge is 0.287 e. The molecule has 2 heteroatoms. The van der Waals surface area contributed by atoms with E-state index in [1.807, 2.05) is 0 Å². The lowest BCUT2D eigenvalue weighted by atomic mass is 9.93. The standard InChI is InChI=1S/C9H20NP/c1-2-3-4-9-5-7-10(11)8-6-9/h9H,2-8,11H2,1H3. The van der Waals surface area contributed by atoms with Crippen molar-refractivity contribution in [3.8, 4) is 0 Å². The van der Waals surface area contributed by atoms with Crippen LogP contribution in [0.1, 0.15) is 39.0 Å². The van der Waals surface area contributed by atoms with E-state index < -0.39 is 0 Å². The molecule has 0 N–H and O–H groups in total. The van der Waals surface area contributed by atoms with E-state index in [4.69, 9.17) is 0 Å². The number of hydrogen-bond donors (Lipinski definition) is 0. The molecule has 11 heavy (non-hydrogen) atoms. The molecule has 1 rings (SSSR count). The molecule has 1 fully saturated rings. The van der Waals surface area contributed by atoms with Crippen LogP contribution >= 0.6 is 9.39 Å². The van der Waals surface area contributed by atoms with E-state index in [-0.39, 0.29) is 0 Å². The number of unbranched alkanes of at least 4 members (excludes halogenated alkanes) is 1. The second-order valence-electron chi connectivity index (χ2n) is 3.62. The molecule has 66 valence electrons. The average Bonchev–Trinajstić information content (AvgIpc) is 2.04. The highest BCUT2D eigenvalue weighted by Crippen LogP contribution is 2.23. The first-order chi connectivity index (χ1) is 5.33. The fraction of sp³-hybridized carbons (Fsp3) is 1.00. The first kappa shape index (κ1) is 9.48. The summed E-state index contributed by atoms with van der Waals surface area (Å²) in [5.74, 6) is 1.03. The lowest BCUT2D eigenvalue weighted by Crippen LogP contribution is -2.25. The third-order valence-corrected chi connectivity index (χ3v) is 3.13. The highest BCUT2D eigenvalue weighted by atomic mass is 31.0. The van der Waals surface area contributed by atoms with Gasteiger partial charge in [-0.3, -0.25) is 4.67 Å². The molecule has 0 aromatic carbocycles. The molecule has 1 aliphatic heterocycles. The number of rotatable bonds is 3. The van der Waals surface area contributed by atoms with Crippen LogP contribution in [-0.4, -0.2) is 17.8 Å². The van der Waals surface area contributed by atoms with E-state index in [1.54, 1.807) is 0 Å². The lowest BCUT2D eigenvalue weighted by molar-refractivity contribution is 0.274. The van der Waals surface area contributed by atoms with Crippen LogP contribution in [0.5, 0.6) is 0 Å². The predicted octanol–water partition coefficient (Wildman–Crippen LogP) is 2.68. The van der Waals surface area contributed by atoms with E-state index in [0.29, 0.717) is 0 Å². The maximum absolute atomic E-state index is 2.80. The molecule has 1 nitrogen and oxygen atoms in total. The summed E-state index contributed by atoms with van der Waals surface area (Å²) in [7, 11) is 2.80. The van der Waals surface area contributed by atoms with Crippen molar-refractivity contribution in [2.24, 2.45) is 5.92 Å². The Morgan fingerprint density at radius 3 is 2.55 bits per heavy atom. The Balaban J connectivity index is 2.07. The van der Waals surface area contributed by atoms with Crippen LogP contribution in [0.3, 0.4) is 0 Å². The molecule has 0 amide bonds. The molecule has 1 saturated heterocycles. The van der Waals surface area contributed by atoms with Gasteiger partial charge < -0.3 is 0 Å². The van der Waals surface area contributed by atoms with Gasteiger partial charge in [-0.1, -0.05) is 35.6 Å². The molecule has 1 aliphatic rings. The van der Waals surface area contributed by atoms with E-state index in [1.165, 1.54) is 45.2 Å². The Kier molecular flexibility index (Phi) is 4.40. The third-order valence-electron chi connectivity index (χ3n) is 2.62. The first-order valence-corrected chi connectivity index (χ1v) is 5.34. The highest BCUT2D eigenvalue weighted by Gasteiger charge is 2.15. The van der Waals surface area contributed by atoms with Gasteiger partial charge in [0.2, 0.25) is 0 Å². The molecule has 0 saturated carbocycles. The Labute approximate surface area is 72.8 Å². The maximum atomic E-state index is 2.80. The molecular weight excluding hydrogens is 153 g/mol. The zero-order chi connectivity index (χ0) is 8.10. The van der Waals surface area contributed by atoms with Gasteiger partial charge in [0.25, 0.3) is 0 Å². The monoisotopic (exact) mass is 173 g/mol. The molecular formula is C9H20NP. The van der Waals surface area contributed by atoms with Gasteiger partial charge >= 0.3 is 0 Å². The minimum absolute atomic E-state index is 1.03. The first-order valence-electron chi connectivity index (χ1n) is 4.82. The van der Waals surface area contributed by atoms with Crippen LogP contribution in [-0.2, 0) is 0 Å². The Morgan fingerprint density at radius 2 is 2.00 bits per heavy atom. The zero-order valence-corrected chi connectivity index (χ0v) is 8.71. The maximum Gasteiger partial charge on any atom is 0.00188 e. The van der Waals surface area contributed by atoms with Gasteiger partial charge in [0.15, 0.2) is 0 Å². The van der Waals surface area contributed by atoms with Gasteiger partial charge in [-0.05, 0) is 18.8 Å². The van der Waals surface area contributed by atoms with Gasteiger partial charge in [-0.2, -0.15) is 0 Å². The van der Waals surface area contributed by atoms with Crippen molar-refractivity contribution >= 4 is 9.39 Å². The predicted molar refractivity (Wildman–Crippen MR) is 53.5 cm³/mol. The Hall–Kier alpha value is 0.390. The summed E-state index contributed by atoms with van der Waals surface area (Å²) >= 11 is 0. The molecule has 0 spiro atoms. The van der Waals surface area contributed by atoms with Crippen LogP contribution in [0.4, 0.5) is 0 Å². The van der Waals surface area contributed by atoms with E-state index in [2.05, 4.69) is 21.0 Å². The molecule has 0 bridgehead atoms. The molecule has 0 radical (unpaired) electrons. The SMILES string of the molecule is CCCCC1CCN(P)CC1. The van der Waals surface area contributed by atoms with Crippen molar-refractivity contribution in [2.75, 3.05) is 13.1 Å². The molecule has 0 aromatic heterocycles. The Morgan fingerprint density at radius 1 is 1.36 bits per heavy atom. The fourth-order valence-corrected chi connectivity index (χ4v) is 2.03. The third kappa shape index (κ3) is 3.53. The van der Waals surface area contributed by atoms with E-state index in [9.17, 15) is 0 Å². The number of hydrogen-bond acceptors (Lipinski definition) is 1. The summed E-state index contributed by atoms with van der Waals surface area (Å²) in [4.78, 5) is 0. The van der Waals surface area contributed by atoms with Crippen molar-refractivity contribution in [1.29, 1.82) is 0 Å². The number of piperidine rings is 1. The minimum Gasteiger partial charge on any atom is -0.287 e. The van der Waals surface area contributed by atoms with Crippen LogP contribution < -0.4 is 0 Å². The van der Waals surface area contributed by atoms with Gasteiger partial charge in [0.1, 0.15) is 0 Å². The second-order valence-corrected chi connectivity index (χ2v) is 4.35. The normalized spacial score (nSPS) is 22.4. The van der Waals surface area contributed by atoms with Crippen molar-refractivity contribution in [3.05, 3.63) is 0 Å². The fourth-order valence-electron chi connectivity index (χ4n) is 1.73. The molecule has 1 unspecified atom stereocenters. The minimum atomic E-state index is 1.03. The summed E-state index contributed by atoms with van der Waals surface area (Å²) < 4.78 is 2.36. The number of nitrogens with zero attached hydrogens (tertiary/aromatic N) is 1. The molecule has 1 atom stereocenters. The van der Waals surface area contributed by atoms with Gasteiger partial charge in [0, 0.05) is 13.1 Å². The van der Waals surface area contributed by atoms with Crippen LogP contribution in [0, 0.1) is 5.92 Å². The summed E-state index contributed by atoms with van der Waals surface area (Å²) in [6, 6.07) is 0. The second kappa shape index (κ2) is 5.11. The summed E-state index contributed by atoms with van der Waals surface area (Å²) in [6.45, 7) is 4.86. The van der Waals surface area contributed by atoms with E-state index in [0.717, 1.165) is 5.92 Å². The van der Waals surface area contributed by atoms with Gasteiger partial charge in [0.05, 0.1) is 0 Å². The summed E-state index contributed by atoms with van der Waals surface area (Å²) in [5.41, 5.74) is 0. The smallest absolute Gasteiger partial charge is 0.00188 e. The van der Waals surface area contributed by atoms with Gasteiger partial charge in [-0.25, -0.2) is 0 Å². The average molecular weight is 173 g/mol. The Bertz CT molecular complexity index is 95.0. The van der Waals surface area contributed by atoms with E-state index >= 15 is 0 Å². The van der Waals surface area contributed by atoms with Crippen molar-refractivity contribution in [1.82, 2.24) is 4.67 Å². The molecule has 0 aliphatic carbocycles. The molecule has 1 heterocycles. The quantitative estimate of drug-likeness (QED) is 0.593. The van der Waals surface area contributed by atoms with Crippen molar-refractivity contribution < 1.29 is 0 Å². The van der Waals surface area contributed by atoms with Crippen molar-refractivity contribution in [3.63, 3.8) is 0 Å².